The van der Waals surface area contributed by atoms with Gasteiger partial charge in [-0.3, -0.25) is 10.1 Å². The fourth-order valence-electron chi connectivity index (χ4n) is 1.79. The molecule has 1 atom stereocenters. The summed E-state index contributed by atoms with van der Waals surface area (Å²) in [6.45, 7) is 2.16. The lowest BCUT2D eigenvalue weighted by atomic mass is 9.99. The van der Waals surface area contributed by atoms with Crippen molar-refractivity contribution in [2.24, 2.45) is 5.92 Å². The predicted octanol–water partition coefficient (Wildman–Crippen LogP) is 1.44. The number of aromatic nitrogens is 2. The van der Waals surface area contributed by atoms with Gasteiger partial charge in [-0.1, -0.05) is 0 Å². The van der Waals surface area contributed by atoms with Crippen LogP contribution in [0.3, 0.4) is 0 Å². The van der Waals surface area contributed by atoms with Gasteiger partial charge in [0.25, 0.3) is 5.91 Å². The lowest BCUT2D eigenvalue weighted by molar-refractivity contribution is -0.138. The van der Waals surface area contributed by atoms with Crippen molar-refractivity contribution in [3.05, 3.63) is 5.82 Å². The summed E-state index contributed by atoms with van der Waals surface area (Å²) < 4.78 is 14.4. The van der Waals surface area contributed by atoms with E-state index < -0.39 is 5.60 Å². The van der Waals surface area contributed by atoms with Gasteiger partial charge < -0.3 is 9.47 Å². The Balaban J connectivity index is 2.01. The summed E-state index contributed by atoms with van der Waals surface area (Å²) in [5.74, 6) is 0.713. The highest BCUT2D eigenvalue weighted by Gasteiger charge is 2.47. The van der Waals surface area contributed by atoms with Gasteiger partial charge in [-0.05, 0) is 25.7 Å². The SMILES string of the molecule is COCc1nsc(NC(=O)C(C)(OC)C2CC2)n1. The van der Waals surface area contributed by atoms with Crippen molar-refractivity contribution < 1.29 is 14.3 Å². The van der Waals surface area contributed by atoms with E-state index in [0.717, 1.165) is 24.4 Å². The minimum Gasteiger partial charge on any atom is -0.377 e. The van der Waals surface area contributed by atoms with Gasteiger partial charge in [-0.25, -0.2) is 4.98 Å². The first-order chi connectivity index (χ1) is 8.60. The lowest BCUT2D eigenvalue weighted by Crippen LogP contribution is -2.44. The van der Waals surface area contributed by atoms with Gasteiger partial charge in [0.1, 0.15) is 12.2 Å². The van der Waals surface area contributed by atoms with Crippen molar-refractivity contribution in [1.82, 2.24) is 9.36 Å². The van der Waals surface area contributed by atoms with E-state index in [1.54, 1.807) is 14.2 Å². The molecule has 18 heavy (non-hydrogen) atoms. The summed E-state index contributed by atoms with van der Waals surface area (Å²) in [6, 6.07) is 0. The molecule has 0 saturated heterocycles. The molecule has 2 rings (SSSR count). The Bertz CT molecular complexity index is 433. The number of carbonyl (C=O) groups excluding carboxylic acids is 1. The Morgan fingerprint density at radius 2 is 2.28 bits per heavy atom. The van der Waals surface area contributed by atoms with Gasteiger partial charge in [0.15, 0.2) is 5.82 Å². The third kappa shape index (κ3) is 2.68. The number of nitrogens with one attached hydrogen (secondary N) is 1. The topological polar surface area (TPSA) is 73.3 Å². The molecule has 1 heterocycles. The fourth-order valence-corrected chi connectivity index (χ4v) is 2.36. The van der Waals surface area contributed by atoms with Gasteiger partial charge >= 0.3 is 0 Å². The van der Waals surface area contributed by atoms with Crippen LogP contribution in [0.5, 0.6) is 0 Å². The summed E-state index contributed by atoms with van der Waals surface area (Å²) in [7, 11) is 3.14. The van der Waals surface area contributed by atoms with Crippen LogP contribution in [0, 0.1) is 5.92 Å². The molecular weight excluding hydrogens is 254 g/mol. The van der Waals surface area contributed by atoms with Crippen LogP contribution in [0.1, 0.15) is 25.6 Å². The second-order valence-electron chi connectivity index (χ2n) is 4.49. The molecule has 1 aliphatic rings. The minimum absolute atomic E-state index is 0.160. The molecule has 1 N–H and O–H groups in total. The van der Waals surface area contributed by atoms with E-state index in [1.807, 2.05) is 6.92 Å². The van der Waals surface area contributed by atoms with Crippen molar-refractivity contribution in [3.63, 3.8) is 0 Å². The molecule has 0 spiro atoms. The Morgan fingerprint density at radius 1 is 1.56 bits per heavy atom. The number of ether oxygens (including phenoxy) is 2. The van der Waals surface area contributed by atoms with Crippen LogP contribution < -0.4 is 5.32 Å². The average molecular weight is 271 g/mol. The third-order valence-electron chi connectivity index (χ3n) is 3.19. The number of amides is 1. The zero-order valence-electron chi connectivity index (χ0n) is 10.7. The Morgan fingerprint density at radius 3 is 2.83 bits per heavy atom. The van der Waals surface area contributed by atoms with E-state index in [9.17, 15) is 4.79 Å². The first-order valence-electron chi connectivity index (χ1n) is 5.78. The third-order valence-corrected chi connectivity index (χ3v) is 3.86. The molecule has 1 aromatic heterocycles. The summed E-state index contributed by atoms with van der Waals surface area (Å²) in [5, 5.41) is 3.24. The summed E-state index contributed by atoms with van der Waals surface area (Å²) in [6.07, 6.45) is 2.06. The highest BCUT2D eigenvalue weighted by atomic mass is 32.1. The summed E-state index contributed by atoms with van der Waals surface area (Å²) in [5.41, 5.74) is -0.771. The first kappa shape index (κ1) is 13.4. The molecule has 7 heteroatoms. The number of anilines is 1. The molecular formula is C11H17N3O3S. The smallest absolute Gasteiger partial charge is 0.258 e. The second kappa shape index (κ2) is 5.29. The largest absolute Gasteiger partial charge is 0.377 e. The minimum atomic E-state index is -0.771. The Kier molecular flexibility index (Phi) is 3.94. The molecule has 0 aliphatic heterocycles. The van der Waals surface area contributed by atoms with Gasteiger partial charge in [-0.15, -0.1) is 0 Å². The molecule has 1 fully saturated rings. The van der Waals surface area contributed by atoms with Crippen LogP contribution in [-0.2, 0) is 20.9 Å². The Hall–Kier alpha value is -1.05. The zero-order valence-corrected chi connectivity index (χ0v) is 11.5. The molecule has 0 bridgehead atoms. The molecule has 1 aromatic rings. The molecule has 1 unspecified atom stereocenters. The van der Waals surface area contributed by atoms with Crippen LogP contribution in [0.25, 0.3) is 0 Å². The van der Waals surface area contributed by atoms with E-state index in [4.69, 9.17) is 9.47 Å². The number of hydrogen-bond acceptors (Lipinski definition) is 6. The van der Waals surface area contributed by atoms with Crippen molar-refractivity contribution in [2.45, 2.75) is 32.0 Å². The summed E-state index contributed by atoms with van der Waals surface area (Å²) >= 11 is 1.15. The maximum Gasteiger partial charge on any atom is 0.258 e. The van der Waals surface area contributed by atoms with Crippen molar-refractivity contribution in [3.8, 4) is 0 Å². The highest BCUT2D eigenvalue weighted by Crippen LogP contribution is 2.42. The van der Waals surface area contributed by atoms with Crippen LogP contribution in [-0.4, -0.2) is 35.1 Å². The van der Waals surface area contributed by atoms with E-state index in [0.29, 0.717) is 23.5 Å². The molecule has 6 nitrogen and oxygen atoms in total. The quantitative estimate of drug-likeness (QED) is 0.847. The number of hydrogen-bond donors (Lipinski definition) is 1. The monoisotopic (exact) mass is 271 g/mol. The molecule has 1 amide bonds. The highest BCUT2D eigenvalue weighted by molar-refractivity contribution is 7.09. The number of rotatable bonds is 6. The number of carbonyl (C=O) groups is 1. The average Bonchev–Trinajstić information content (AvgIpc) is 3.12. The zero-order chi connectivity index (χ0) is 13.2. The molecule has 1 aliphatic carbocycles. The number of nitrogens with zero attached hydrogens (tertiary/aromatic N) is 2. The standard InChI is InChI=1S/C11H17N3O3S/c1-11(17-3,7-4-5-7)9(15)13-10-12-8(6-16-2)14-18-10/h7H,4-6H2,1-3H3,(H,12,13,14,15). The molecule has 1 saturated carbocycles. The van der Waals surface area contributed by atoms with E-state index in [1.165, 1.54) is 0 Å². The van der Waals surface area contributed by atoms with Crippen molar-refractivity contribution >= 4 is 22.6 Å². The van der Waals surface area contributed by atoms with Crippen LogP contribution in [0.15, 0.2) is 0 Å². The van der Waals surface area contributed by atoms with Gasteiger partial charge in [-0.2, -0.15) is 4.37 Å². The predicted molar refractivity (Wildman–Crippen MR) is 67.4 cm³/mol. The first-order valence-corrected chi connectivity index (χ1v) is 6.55. The van der Waals surface area contributed by atoms with Crippen LogP contribution in [0.4, 0.5) is 5.13 Å². The van der Waals surface area contributed by atoms with Crippen LogP contribution in [0.2, 0.25) is 0 Å². The van der Waals surface area contributed by atoms with Gasteiger partial charge in [0.05, 0.1) is 0 Å². The molecule has 0 aromatic carbocycles. The van der Waals surface area contributed by atoms with Crippen LogP contribution >= 0.6 is 11.5 Å². The maximum absolute atomic E-state index is 12.2. The van der Waals surface area contributed by atoms with Crippen molar-refractivity contribution in [2.75, 3.05) is 19.5 Å². The molecule has 100 valence electrons. The fraction of sp³-hybridized carbons (Fsp3) is 0.727. The normalized spacial score (nSPS) is 18.4. The Labute approximate surface area is 110 Å². The van der Waals surface area contributed by atoms with Crippen molar-refractivity contribution in [1.29, 1.82) is 0 Å². The second-order valence-corrected chi connectivity index (χ2v) is 5.24. The number of methoxy groups -OCH3 is 2. The van der Waals surface area contributed by atoms with E-state index in [2.05, 4.69) is 14.7 Å². The van der Waals surface area contributed by atoms with Gasteiger partial charge in [0.2, 0.25) is 5.13 Å². The molecule has 0 radical (unpaired) electrons. The maximum atomic E-state index is 12.2. The van der Waals surface area contributed by atoms with Gasteiger partial charge in [0, 0.05) is 25.8 Å². The summed E-state index contributed by atoms with van der Waals surface area (Å²) in [4.78, 5) is 16.3. The lowest BCUT2D eigenvalue weighted by Gasteiger charge is -2.25. The van der Waals surface area contributed by atoms with E-state index >= 15 is 0 Å². The van der Waals surface area contributed by atoms with E-state index in [-0.39, 0.29) is 5.91 Å².